The highest BCUT2D eigenvalue weighted by atomic mass is 19.4. The number of hydrogen-bond acceptors (Lipinski definition) is 6. The molecular formula is C19H24F3NO5. The van der Waals surface area contributed by atoms with Crippen LogP contribution in [-0.2, 0) is 19.1 Å². The van der Waals surface area contributed by atoms with Crippen molar-refractivity contribution in [3.63, 3.8) is 0 Å². The maximum Gasteiger partial charge on any atom is 0.573 e. The van der Waals surface area contributed by atoms with Crippen LogP contribution in [0.2, 0.25) is 0 Å². The predicted molar refractivity (Wildman–Crippen MR) is 94.9 cm³/mol. The number of nitrogens with zero attached hydrogens (tertiary/aromatic N) is 1. The van der Waals surface area contributed by atoms with Crippen LogP contribution < -0.4 is 9.64 Å². The minimum atomic E-state index is -4.80. The molecule has 0 aliphatic heterocycles. The Kier molecular flexibility index (Phi) is 7.53. The molecule has 28 heavy (non-hydrogen) atoms. The number of rotatable bonds is 10. The molecule has 0 heterocycles. The summed E-state index contributed by atoms with van der Waals surface area (Å²) in [6.45, 7) is 3.98. The van der Waals surface area contributed by atoms with E-state index >= 15 is 0 Å². The maximum atomic E-state index is 12.6. The molecule has 0 unspecified atom stereocenters. The number of esters is 2. The molecule has 1 saturated carbocycles. The van der Waals surface area contributed by atoms with Gasteiger partial charge in [-0.25, -0.2) is 9.59 Å². The lowest BCUT2D eigenvalue weighted by Crippen LogP contribution is -2.50. The number of halogens is 3. The van der Waals surface area contributed by atoms with E-state index in [0.717, 1.165) is 25.0 Å². The molecule has 1 aliphatic rings. The number of alkyl halides is 3. The summed E-state index contributed by atoms with van der Waals surface area (Å²) in [5.74, 6) is -1.85. The van der Waals surface area contributed by atoms with Crippen LogP contribution in [0.1, 0.15) is 39.5 Å². The third-order valence-electron chi connectivity index (χ3n) is 3.93. The average molecular weight is 403 g/mol. The smallest absolute Gasteiger partial charge is 0.464 e. The van der Waals surface area contributed by atoms with Crippen LogP contribution in [0.5, 0.6) is 5.75 Å². The van der Waals surface area contributed by atoms with E-state index in [1.807, 2.05) is 13.8 Å². The molecule has 156 valence electrons. The molecule has 0 amide bonds. The first-order valence-electron chi connectivity index (χ1n) is 9.24. The second kappa shape index (κ2) is 9.66. The van der Waals surface area contributed by atoms with Crippen molar-refractivity contribution in [3.05, 3.63) is 24.3 Å². The summed E-state index contributed by atoms with van der Waals surface area (Å²) in [6.07, 6.45) is -2.11. The van der Waals surface area contributed by atoms with Gasteiger partial charge in [-0.15, -0.1) is 13.2 Å². The molecule has 2 rings (SSSR count). The van der Waals surface area contributed by atoms with Crippen LogP contribution in [0.4, 0.5) is 18.9 Å². The van der Waals surface area contributed by atoms with E-state index in [9.17, 15) is 22.8 Å². The van der Waals surface area contributed by atoms with Gasteiger partial charge in [0.1, 0.15) is 5.75 Å². The Morgan fingerprint density at radius 1 is 1.04 bits per heavy atom. The monoisotopic (exact) mass is 403 g/mol. The van der Waals surface area contributed by atoms with Gasteiger partial charge < -0.3 is 19.1 Å². The summed E-state index contributed by atoms with van der Waals surface area (Å²) >= 11 is 0. The molecular weight excluding hydrogens is 379 g/mol. The van der Waals surface area contributed by atoms with E-state index in [0.29, 0.717) is 18.5 Å². The molecule has 1 aromatic carbocycles. The van der Waals surface area contributed by atoms with Crippen LogP contribution in [0.3, 0.4) is 0 Å². The second-order valence-electron chi connectivity index (χ2n) is 6.42. The van der Waals surface area contributed by atoms with E-state index in [-0.39, 0.29) is 25.0 Å². The van der Waals surface area contributed by atoms with Crippen molar-refractivity contribution >= 4 is 17.6 Å². The fraction of sp³-hybridized carbons (Fsp3) is 0.579. The molecule has 0 saturated heterocycles. The summed E-state index contributed by atoms with van der Waals surface area (Å²) < 4.78 is 51.3. The van der Waals surface area contributed by atoms with Crippen LogP contribution in [0.15, 0.2) is 24.3 Å². The third kappa shape index (κ3) is 6.31. The van der Waals surface area contributed by atoms with Gasteiger partial charge >= 0.3 is 18.3 Å². The van der Waals surface area contributed by atoms with Crippen LogP contribution in [-0.4, -0.2) is 43.6 Å². The maximum absolute atomic E-state index is 12.6. The first-order valence-corrected chi connectivity index (χ1v) is 9.24. The normalized spacial score (nSPS) is 13.9. The molecule has 0 atom stereocenters. The quantitative estimate of drug-likeness (QED) is 0.437. The molecule has 9 heteroatoms. The van der Waals surface area contributed by atoms with Gasteiger partial charge in [0.15, 0.2) is 0 Å². The van der Waals surface area contributed by atoms with Gasteiger partial charge in [-0.05, 0) is 49.9 Å². The number of carbonyl (C=O) groups is 2. The second-order valence-corrected chi connectivity index (χ2v) is 6.42. The van der Waals surface area contributed by atoms with Crippen molar-refractivity contribution < 1.29 is 37.0 Å². The zero-order chi connectivity index (χ0) is 20.7. The lowest BCUT2D eigenvalue weighted by Gasteiger charge is -2.31. The molecule has 0 aromatic heterocycles. The highest BCUT2D eigenvalue weighted by Gasteiger charge is 2.43. The van der Waals surface area contributed by atoms with Crippen LogP contribution >= 0.6 is 0 Å². The lowest BCUT2D eigenvalue weighted by atomic mass is 10.2. The Hall–Kier alpha value is -2.45. The summed E-state index contributed by atoms with van der Waals surface area (Å²) in [6, 6.07) is 3.65. The van der Waals surface area contributed by atoms with E-state index < -0.39 is 24.3 Å². The number of ether oxygens (including phenoxy) is 3. The number of hydrogen-bond donors (Lipinski definition) is 0. The predicted octanol–water partition coefficient (Wildman–Crippen LogP) is 3.83. The first-order chi connectivity index (χ1) is 13.3. The lowest BCUT2D eigenvalue weighted by molar-refractivity contribution is -0.274. The van der Waals surface area contributed by atoms with Crippen LogP contribution in [0.25, 0.3) is 0 Å². The van der Waals surface area contributed by atoms with E-state index in [4.69, 9.17) is 9.47 Å². The minimum Gasteiger partial charge on any atom is -0.464 e. The molecule has 1 aliphatic carbocycles. The Balaban J connectivity index is 2.27. The van der Waals surface area contributed by atoms with Gasteiger partial charge in [-0.2, -0.15) is 0 Å². The summed E-state index contributed by atoms with van der Waals surface area (Å²) in [7, 11) is 0. The van der Waals surface area contributed by atoms with Gasteiger partial charge in [0.05, 0.1) is 13.2 Å². The van der Waals surface area contributed by atoms with Gasteiger partial charge in [0.25, 0.3) is 0 Å². The fourth-order valence-corrected chi connectivity index (χ4v) is 2.63. The van der Waals surface area contributed by atoms with Crippen molar-refractivity contribution in [2.45, 2.75) is 58.0 Å². The highest BCUT2D eigenvalue weighted by molar-refractivity contribution is 6.03. The Morgan fingerprint density at radius 3 is 1.93 bits per heavy atom. The fourth-order valence-electron chi connectivity index (χ4n) is 2.63. The Labute approximate surface area is 161 Å². The molecule has 1 fully saturated rings. The number of anilines is 1. The zero-order valence-electron chi connectivity index (χ0n) is 15.8. The first kappa shape index (κ1) is 21.8. The van der Waals surface area contributed by atoms with Gasteiger partial charge in [0, 0.05) is 11.7 Å². The zero-order valence-corrected chi connectivity index (χ0v) is 15.8. The van der Waals surface area contributed by atoms with Crippen molar-refractivity contribution in [3.8, 4) is 5.75 Å². The molecule has 0 spiro atoms. The molecule has 0 N–H and O–H groups in total. The van der Waals surface area contributed by atoms with Crippen LogP contribution in [0, 0.1) is 0 Å². The van der Waals surface area contributed by atoms with Gasteiger partial charge in [-0.1, -0.05) is 13.8 Å². The SMILES string of the molecule is CCCOC(=O)C(C(=O)OCCC)N(c1ccc(OC(F)(F)F)cc1)C1CC1. The standard InChI is InChI=1S/C19H24F3NO5/c1-3-11-26-17(24)16(18(25)27-12-4-2)23(13-5-6-13)14-7-9-15(10-8-14)28-19(20,21)22/h7-10,13,16H,3-6,11-12H2,1-2H3. The molecule has 6 nitrogen and oxygen atoms in total. The summed E-state index contributed by atoms with van der Waals surface area (Å²) in [5, 5.41) is 0. The van der Waals surface area contributed by atoms with E-state index in [2.05, 4.69) is 4.74 Å². The number of carbonyl (C=O) groups excluding carboxylic acids is 2. The van der Waals surface area contributed by atoms with Gasteiger partial charge in [0.2, 0.25) is 6.04 Å². The van der Waals surface area contributed by atoms with Crippen molar-refractivity contribution in [2.75, 3.05) is 18.1 Å². The highest BCUT2D eigenvalue weighted by Crippen LogP contribution is 2.35. The topological polar surface area (TPSA) is 65.1 Å². The average Bonchev–Trinajstić information content (AvgIpc) is 3.46. The summed E-state index contributed by atoms with van der Waals surface area (Å²) in [5.41, 5.74) is 0.420. The van der Waals surface area contributed by atoms with Crippen molar-refractivity contribution in [1.29, 1.82) is 0 Å². The third-order valence-corrected chi connectivity index (χ3v) is 3.93. The summed E-state index contributed by atoms with van der Waals surface area (Å²) in [4.78, 5) is 26.7. The molecule has 0 bridgehead atoms. The number of benzene rings is 1. The van der Waals surface area contributed by atoms with Crippen molar-refractivity contribution in [1.82, 2.24) is 0 Å². The van der Waals surface area contributed by atoms with Gasteiger partial charge in [-0.3, -0.25) is 0 Å². The molecule has 0 radical (unpaired) electrons. The molecule has 1 aromatic rings. The van der Waals surface area contributed by atoms with E-state index in [1.54, 1.807) is 4.90 Å². The Bertz CT molecular complexity index is 639. The largest absolute Gasteiger partial charge is 0.573 e. The van der Waals surface area contributed by atoms with Crippen molar-refractivity contribution in [2.24, 2.45) is 0 Å². The Morgan fingerprint density at radius 2 is 1.54 bits per heavy atom. The van der Waals surface area contributed by atoms with E-state index in [1.165, 1.54) is 12.1 Å². The minimum absolute atomic E-state index is 0.0947.